The molecular weight excluding hydrogens is 302 g/mol. The van der Waals surface area contributed by atoms with Gasteiger partial charge in [0.25, 0.3) is 0 Å². The summed E-state index contributed by atoms with van der Waals surface area (Å²) in [7, 11) is 1.97. The number of carboxylic acids is 2. The summed E-state index contributed by atoms with van der Waals surface area (Å²) in [4.78, 5) is 23.1. The van der Waals surface area contributed by atoms with E-state index in [4.69, 9.17) is 21.7 Å². The Labute approximate surface area is 127 Å². The highest BCUT2D eigenvalue weighted by Crippen LogP contribution is 2.05. The topological polar surface area (TPSA) is 130 Å². The summed E-state index contributed by atoms with van der Waals surface area (Å²) in [6.45, 7) is 1.67. The summed E-state index contributed by atoms with van der Waals surface area (Å²) in [6.07, 6.45) is 0. The van der Waals surface area contributed by atoms with Crippen molar-refractivity contribution in [3.8, 4) is 0 Å². The second-order valence-corrected chi connectivity index (χ2v) is 6.64. The van der Waals surface area contributed by atoms with Gasteiger partial charge in [-0.15, -0.1) is 0 Å². The summed E-state index contributed by atoms with van der Waals surface area (Å²) in [6, 6.07) is -1.61. The highest BCUT2D eigenvalue weighted by Gasteiger charge is 2.12. The number of hydrogen-bond donors (Lipinski definition) is 4. The molecule has 0 aromatic carbocycles. The quantitative estimate of drug-likeness (QED) is 0.341. The maximum atomic E-state index is 10.5. The number of thioether (sulfide) groups is 2. The molecule has 0 aliphatic heterocycles. The Morgan fingerprint density at radius 1 is 1.00 bits per heavy atom. The predicted octanol–water partition coefficient (Wildman–Crippen LogP) is -0.792. The number of aliphatic carboxylic acids is 2. The smallest absolute Gasteiger partial charge is 0.321 e. The van der Waals surface area contributed by atoms with Crippen LogP contribution in [0, 0.1) is 0 Å². The third-order valence-electron chi connectivity index (χ3n) is 2.46. The van der Waals surface area contributed by atoms with E-state index in [0.29, 0.717) is 11.5 Å². The first-order valence-corrected chi connectivity index (χ1v) is 8.46. The SMILES string of the molecule is CN(CCSC[C@@H](N)C(=O)O)CCSC[C@@H](N)C(=O)O. The van der Waals surface area contributed by atoms with Crippen molar-refractivity contribution in [3.05, 3.63) is 0 Å². The molecule has 0 aromatic rings. The zero-order chi connectivity index (χ0) is 15.5. The minimum atomic E-state index is -0.975. The number of rotatable bonds is 12. The second kappa shape index (κ2) is 11.2. The van der Waals surface area contributed by atoms with Crippen molar-refractivity contribution in [1.29, 1.82) is 0 Å². The molecule has 0 saturated carbocycles. The summed E-state index contributed by atoms with van der Waals surface area (Å²) < 4.78 is 0. The van der Waals surface area contributed by atoms with Crippen LogP contribution in [0.2, 0.25) is 0 Å². The monoisotopic (exact) mass is 325 g/mol. The first-order chi connectivity index (χ1) is 9.34. The minimum absolute atomic E-state index is 0.408. The number of carbonyl (C=O) groups is 2. The molecule has 0 spiro atoms. The number of nitrogens with two attached hydrogens (primary N) is 2. The van der Waals surface area contributed by atoms with Crippen LogP contribution in [0.3, 0.4) is 0 Å². The fraction of sp³-hybridized carbons (Fsp3) is 0.818. The average Bonchev–Trinajstić information content (AvgIpc) is 2.38. The van der Waals surface area contributed by atoms with E-state index >= 15 is 0 Å². The Hall–Kier alpha value is -0.480. The van der Waals surface area contributed by atoms with Crippen molar-refractivity contribution in [2.45, 2.75) is 12.1 Å². The van der Waals surface area contributed by atoms with Crippen molar-refractivity contribution in [3.63, 3.8) is 0 Å². The second-order valence-electron chi connectivity index (χ2n) is 4.34. The summed E-state index contributed by atoms with van der Waals surface area (Å²) in [5.41, 5.74) is 10.8. The Morgan fingerprint density at radius 3 is 1.65 bits per heavy atom. The molecule has 118 valence electrons. The van der Waals surface area contributed by atoms with Crippen molar-refractivity contribution >= 4 is 35.5 Å². The molecule has 9 heteroatoms. The molecule has 20 heavy (non-hydrogen) atoms. The van der Waals surface area contributed by atoms with Crippen LogP contribution < -0.4 is 11.5 Å². The Balaban J connectivity index is 3.48. The molecule has 0 aliphatic carbocycles. The third kappa shape index (κ3) is 10.3. The van der Waals surface area contributed by atoms with Crippen LogP contribution in [0.5, 0.6) is 0 Å². The summed E-state index contributed by atoms with van der Waals surface area (Å²) >= 11 is 3.03. The van der Waals surface area contributed by atoms with Crippen LogP contribution >= 0.6 is 23.5 Å². The van der Waals surface area contributed by atoms with E-state index in [1.165, 1.54) is 23.5 Å². The van der Waals surface area contributed by atoms with Crippen molar-refractivity contribution < 1.29 is 19.8 Å². The molecule has 0 aromatic heterocycles. The highest BCUT2D eigenvalue weighted by molar-refractivity contribution is 7.99. The zero-order valence-corrected chi connectivity index (χ0v) is 13.2. The van der Waals surface area contributed by atoms with Gasteiger partial charge in [-0.2, -0.15) is 23.5 Å². The van der Waals surface area contributed by atoms with E-state index in [2.05, 4.69) is 4.90 Å². The summed E-state index contributed by atoms with van der Waals surface area (Å²) in [5.74, 6) is 0.499. The van der Waals surface area contributed by atoms with Crippen LogP contribution in [-0.4, -0.2) is 82.3 Å². The molecule has 0 fully saturated rings. The van der Waals surface area contributed by atoms with Gasteiger partial charge in [0.1, 0.15) is 12.1 Å². The molecule has 0 rings (SSSR count). The number of carboxylic acid groups (broad SMARTS) is 2. The van der Waals surface area contributed by atoms with Gasteiger partial charge in [0.2, 0.25) is 0 Å². The first-order valence-electron chi connectivity index (χ1n) is 6.15. The van der Waals surface area contributed by atoms with Crippen LogP contribution in [0.25, 0.3) is 0 Å². The third-order valence-corrected chi connectivity index (χ3v) is 4.60. The van der Waals surface area contributed by atoms with Gasteiger partial charge in [-0.25, -0.2) is 0 Å². The van der Waals surface area contributed by atoms with Gasteiger partial charge in [-0.3, -0.25) is 9.59 Å². The maximum absolute atomic E-state index is 10.5. The highest BCUT2D eigenvalue weighted by atomic mass is 32.2. The normalized spacial score (nSPS) is 14.2. The van der Waals surface area contributed by atoms with Gasteiger partial charge in [0.05, 0.1) is 0 Å². The Bertz CT molecular complexity index is 279. The van der Waals surface area contributed by atoms with Gasteiger partial charge in [0, 0.05) is 36.1 Å². The lowest BCUT2D eigenvalue weighted by Crippen LogP contribution is -2.33. The van der Waals surface area contributed by atoms with E-state index in [1.54, 1.807) is 0 Å². The molecule has 7 nitrogen and oxygen atoms in total. The average molecular weight is 325 g/mol. The predicted molar refractivity (Wildman–Crippen MR) is 83.4 cm³/mol. The molecule has 0 aliphatic rings. The lowest BCUT2D eigenvalue weighted by Gasteiger charge is -2.16. The molecule has 6 N–H and O–H groups in total. The first kappa shape index (κ1) is 19.5. The van der Waals surface area contributed by atoms with Crippen LogP contribution in [-0.2, 0) is 9.59 Å². The number of nitrogens with zero attached hydrogens (tertiary/aromatic N) is 1. The molecule has 0 bridgehead atoms. The van der Waals surface area contributed by atoms with E-state index in [0.717, 1.165) is 24.6 Å². The van der Waals surface area contributed by atoms with Gasteiger partial charge >= 0.3 is 11.9 Å². The Kier molecular flexibility index (Phi) is 10.9. The van der Waals surface area contributed by atoms with Crippen LogP contribution in [0.15, 0.2) is 0 Å². The standard InChI is InChI=1S/C11H23N3O4S2/c1-14(2-4-19-6-8(12)10(15)16)3-5-20-7-9(13)11(17)18/h8-9H,2-7,12-13H2,1H3,(H,15,16)(H,17,18)/t8-,9-/m1/s1. The Morgan fingerprint density at radius 2 is 1.35 bits per heavy atom. The molecule has 2 atom stereocenters. The molecule has 0 amide bonds. The van der Waals surface area contributed by atoms with Gasteiger partial charge in [-0.05, 0) is 7.05 Å². The minimum Gasteiger partial charge on any atom is -0.480 e. The molecule has 0 saturated heterocycles. The molecule has 0 radical (unpaired) electrons. The largest absolute Gasteiger partial charge is 0.480 e. The molecule has 0 heterocycles. The van der Waals surface area contributed by atoms with Gasteiger partial charge in [0.15, 0.2) is 0 Å². The zero-order valence-electron chi connectivity index (χ0n) is 11.5. The van der Waals surface area contributed by atoms with Crippen LogP contribution in [0.4, 0.5) is 0 Å². The van der Waals surface area contributed by atoms with E-state index < -0.39 is 24.0 Å². The number of hydrogen-bond acceptors (Lipinski definition) is 7. The fourth-order valence-electron chi connectivity index (χ4n) is 1.12. The fourth-order valence-corrected chi connectivity index (χ4v) is 3.12. The molecular formula is C11H23N3O4S2. The van der Waals surface area contributed by atoms with Crippen molar-refractivity contribution in [1.82, 2.24) is 4.90 Å². The van der Waals surface area contributed by atoms with Crippen LogP contribution in [0.1, 0.15) is 0 Å². The summed E-state index contributed by atoms with van der Waals surface area (Å²) in [5, 5.41) is 17.2. The molecule has 0 unspecified atom stereocenters. The van der Waals surface area contributed by atoms with Crippen molar-refractivity contribution in [2.24, 2.45) is 11.5 Å². The lowest BCUT2D eigenvalue weighted by atomic mass is 10.4. The van der Waals surface area contributed by atoms with Gasteiger partial charge < -0.3 is 26.6 Å². The van der Waals surface area contributed by atoms with Gasteiger partial charge in [-0.1, -0.05) is 0 Å². The van der Waals surface area contributed by atoms with E-state index in [-0.39, 0.29) is 0 Å². The maximum Gasteiger partial charge on any atom is 0.321 e. The van der Waals surface area contributed by atoms with E-state index in [9.17, 15) is 9.59 Å². The van der Waals surface area contributed by atoms with Crippen molar-refractivity contribution in [2.75, 3.05) is 43.1 Å². The van der Waals surface area contributed by atoms with E-state index in [1.807, 2.05) is 7.05 Å². The lowest BCUT2D eigenvalue weighted by molar-refractivity contribution is -0.138.